The molecule has 0 radical (unpaired) electrons. The Bertz CT molecular complexity index is 1060. The van der Waals surface area contributed by atoms with Crippen molar-refractivity contribution in [2.24, 2.45) is 5.92 Å². The van der Waals surface area contributed by atoms with Crippen LogP contribution < -0.4 is 10.3 Å². The number of hydrogen-bond acceptors (Lipinski definition) is 6. The summed E-state index contributed by atoms with van der Waals surface area (Å²) in [6, 6.07) is 11.1. The number of nitrogens with one attached hydrogen (secondary N) is 1. The zero-order chi connectivity index (χ0) is 26.7. The lowest BCUT2D eigenvalue weighted by atomic mass is 9.78. The molecule has 2 fully saturated rings. The lowest BCUT2D eigenvalue weighted by Gasteiger charge is -2.37. The van der Waals surface area contributed by atoms with Crippen LogP contribution in [0.4, 0.5) is 0 Å². The SMILES string of the molecule is C/C=C\C(=C/C)CNOc1csc(C2CCN(CCC(c3ccccc3)C3CCN(S(C)=O)CC3)CC2)n1. The Balaban J connectivity index is 1.25. The van der Waals surface area contributed by atoms with Gasteiger partial charge in [0.15, 0.2) is 0 Å². The van der Waals surface area contributed by atoms with Crippen molar-refractivity contribution in [1.29, 1.82) is 0 Å². The van der Waals surface area contributed by atoms with E-state index in [-0.39, 0.29) is 0 Å². The van der Waals surface area contributed by atoms with E-state index in [0.29, 0.717) is 30.2 Å². The number of allylic oxidation sites excluding steroid dienone is 2. The second kappa shape index (κ2) is 15.1. The van der Waals surface area contributed by atoms with Gasteiger partial charge in [0.1, 0.15) is 0 Å². The van der Waals surface area contributed by atoms with E-state index in [4.69, 9.17) is 9.82 Å². The summed E-state index contributed by atoms with van der Waals surface area (Å²) in [5, 5.41) is 3.22. The molecule has 0 bridgehead atoms. The highest BCUT2D eigenvalue weighted by Gasteiger charge is 2.30. The van der Waals surface area contributed by atoms with Gasteiger partial charge >= 0.3 is 0 Å². The molecule has 4 rings (SSSR count). The van der Waals surface area contributed by atoms with Crippen molar-refractivity contribution in [3.63, 3.8) is 0 Å². The number of nitrogens with zero attached hydrogens (tertiary/aromatic N) is 3. The minimum Gasteiger partial charge on any atom is -0.387 e. The van der Waals surface area contributed by atoms with Crippen LogP contribution in [0.25, 0.3) is 0 Å². The Morgan fingerprint density at radius 3 is 2.55 bits per heavy atom. The first kappa shape index (κ1) is 29.2. The third-order valence-electron chi connectivity index (χ3n) is 8.06. The van der Waals surface area contributed by atoms with Gasteiger partial charge in [-0.05, 0) is 88.6 Å². The fourth-order valence-electron chi connectivity index (χ4n) is 5.81. The maximum atomic E-state index is 11.9. The third-order valence-corrected chi connectivity index (χ3v) is 10.1. The van der Waals surface area contributed by atoms with Gasteiger partial charge in [0.2, 0.25) is 5.88 Å². The summed E-state index contributed by atoms with van der Waals surface area (Å²) < 4.78 is 14.0. The molecule has 3 heterocycles. The molecule has 2 aliphatic rings. The smallest absolute Gasteiger partial charge is 0.248 e. The number of benzene rings is 1. The van der Waals surface area contributed by atoms with Crippen molar-refractivity contribution in [3.8, 4) is 5.88 Å². The molecule has 8 heteroatoms. The van der Waals surface area contributed by atoms with Gasteiger partial charge in [-0.1, -0.05) is 48.6 Å². The maximum absolute atomic E-state index is 11.9. The molecule has 2 unspecified atom stereocenters. The largest absolute Gasteiger partial charge is 0.387 e. The zero-order valence-corrected chi connectivity index (χ0v) is 24.8. The van der Waals surface area contributed by atoms with Gasteiger partial charge < -0.3 is 9.74 Å². The molecule has 0 amide bonds. The number of rotatable bonds is 12. The van der Waals surface area contributed by atoms with E-state index in [1.165, 1.54) is 22.6 Å². The van der Waals surface area contributed by atoms with Crippen LogP contribution in [0.1, 0.15) is 68.4 Å². The molecular weight excluding hydrogens is 512 g/mol. The van der Waals surface area contributed by atoms with Crippen molar-refractivity contribution in [2.45, 2.75) is 57.8 Å². The van der Waals surface area contributed by atoms with Crippen molar-refractivity contribution in [3.05, 3.63) is 70.1 Å². The van der Waals surface area contributed by atoms with Crippen LogP contribution in [-0.2, 0) is 11.0 Å². The summed E-state index contributed by atoms with van der Waals surface area (Å²) in [7, 11) is -0.851. The summed E-state index contributed by atoms with van der Waals surface area (Å²) in [5.41, 5.74) is 5.69. The van der Waals surface area contributed by atoms with Gasteiger partial charge in [-0.15, -0.1) is 11.3 Å². The average molecular weight is 557 g/mol. The average Bonchev–Trinajstić information content (AvgIpc) is 3.43. The van der Waals surface area contributed by atoms with E-state index in [9.17, 15) is 4.21 Å². The van der Waals surface area contributed by atoms with Gasteiger partial charge in [-0.2, -0.15) is 5.48 Å². The lowest BCUT2D eigenvalue weighted by molar-refractivity contribution is 0.183. The zero-order valence-electron chi connectivity index (χ0n) is 23.2. The predicted molar refractivity (Wildman–Crippen MR) is 160 cm³/mol. The fraction of sp³-hybridized carbons (Fsp3) is 0.567. The molecule has 0 spiro atoms. The van der Waals surface area contributed by atoms with Crippen LogP contribution in [0.5, 0.6) is 5.88 Å². The molecule has 2 aliphatic heterocycles. The lowest BCUT2D eigenvalue weighted by Crippen LogP contribution is -2.38. The van der Waals surface area contributed by atoms with Crippen LogP contribution in [0.15, 0.2) is 59.5 Å². The van der Waals surface area contributed by atoms with Crippen molar-refractivity contribution < 1.29 is 9.05 Å². The van der Waals surface area contributed by atoms with Crippen molar-refractivity contribution in [1.82, 2.24) is 19.7 Å². The monoisotopic (exact) mass is 556 g/mol. The van der Waals surface area contributed by atoms with E-state index >= 15 is 0 Å². The first-order valence-electron chi connectivity index (χ1n) is 14.1. The topological polar surface area (TPSA) is 57.7 Å². The first-order chi connectivity index (χ1) is 18.6. The fourth-order valence-corrected chi connectivity index (χ4v) is 7.42. The molecule has 2 atom stereocenters. The molecule has 6 nitrogen and oxygen atoms in total. The van der Waals surface area contributed by atoms with Gasteiger partial charge in [-0.25, -0.2) is 13.5 Å². The molecular formula is C30H44N4O2S2. The van der Waals surface area contributed by atoms with E-state index in [1.54, 1.807) is 17.6 Å². The molecule has 1 N–H and O–H groups in total. The van der Waals surface area contributed by atoms with Crippen LogP contribution in [0, 0.1) is 5.92 Å². The molecule has 0 aliphatic carbocycles. The van der Waals surface area contributed by atoms with E-state index in [0.717, 1.165) is 58.4 Å². The number of likely N-dealkylation sites (tertiary alicyclic amines) is 1. The molecule has 208 valence electrons. The number of piperidine rings is 2. The van der Waals surface area contributed by atoms with E-state index in [2.05, 4.69) is 57.2 Å². The number of hydroxylamine groups is 1. The van der Waals surface area contributed by atoms with Crippen LogP contribution >= 0.6 is 11.3 Å². The molecule has 38 heavy (non-hydrogen) atoms. The van der Waals surface area contributed by atoms with E-state index in [1.807, 2.05) is 25.3 Å². The highest BCUT2D eigenvalue weighted by atomic mass is 32.2. The molecule has 1 aromatic heterocycles. The van der Waals surface area contributed by atoms with Gasteiger partial charge in [-0.3, -0.25) is 0 Å². The predicted octanol–water partition coefficient (Wildman–Crippen LogP) is 5.91. The third kappa shape index (κ3) is 8.33. The Morgan fingerprint density at radius 1 is 1.16 bits per heavy atom. The molecule has 1 aromatic carbocycles. The number of thiazole rings is 1. The number of aromatic nitrogens is 1. The van der Waals surface area contributed by atoms with Gasteiger partial charge in [0.05, 0.1) is 27.9 Å². The van der Waals surface area contributed by atoms with Crippen LogP contribution in [-0.4, -0.2) is 63.9 Å². The highest BCUT2D eigenvalue weighted by Crippen LogP contribution is 2.37. The first-order valence-corrected chi connectivity index (χ1v) is 16.5. The van der Waals surface area contributed by atoms with Crippen molar-refractivity contribution >= 4 is 22.3 Å². The maximum Gasteiger partial charge on any atom is 0.248 e. The highest BCUT2D eigenvalue weighted by molar-refractivity contribution is 7.81. The van der Waals surface area contributed by atoms with Gasteiger partial charge in [0, 0.05) is 25.3 Å². The van der Waals surface area contributed by atoms with Gasteiger partial charge in [0.25, 0.3) is 0 Å². The summed E-state index contributed by atoms with van der Waals surface area (Å²) in [6.45, 7) is 10.0. The minimum absolute atomic E-state index is 0.520. The molecule has 0 saturated carbocycles. The summed E-state index contributed by atoms with van der Waals surface area (Å²) >= 11 is 1.72. The Kier molecular flexibility index (Phi) is 11.6. The van der Waals surface area contributed by atoms with E-state index < -0.39 is 11.0 Å². The summed E-state index contributed by atoms with van der Waals surface area (Å²) in [6.07, 6.45) is 13.8. The minimum atomic E-state index is -0.851. The number of hydrogen-bond donors (Lipinski definition) is 1. The van der Waals surface area contributed by atoms with Crippen molar-refractivity contribution in [2.75, 3.05) is 45.5 Å². The molecule has 2 saturated heterocycles. The summed E-state index contributed by atoms with van der Waals surface area (Å²) in [5.74, 6) is 2.43. The second-order valence-corrected chi connectivity index (χ2v) is 12.7. The standard InChI is InChI=1S/C30H44N4O2S2/c1-4-9-24(5-2)22-31-36-29-23-37-30(32-29)27-12-17-33(18-13-27)19-16-28(25-10-7-6-8-11-25)26-14-20-34(21-15-26)38(3)35/h4-11,23,26-28,31H,12-22H2,1-3H3/b9-4-,24-5+. The Morgan fingerprint density at radius 2 is 1.89 bits per heavy atom. The molecule has 2 aromatic rings. The normalized spacial score (nSPS) is 20.7. The Labute approximate surface area is 235 Å². The van der Waals surface area contributed by atoms with Crippen LogP contribution in [0.2, 0.25) is 0 Å². The van der Waals surface area contributed by atoms with Crippen LogP contribution in [0.3, 0.4) is 0 Å². The Hall–Kier alpha value is -1.84. The quantitative estimate of drug-likeness (QED) is 0.260. The summed E-state index contributed by atoms with van der Waals surface area (Å²) in [4.78, 5) is 13.1. The second-order valence-electron chi connectivity index (χ2n) is 10.4.